The number of carbonyl (C=O) groups is 1. The minimum absolute atomic E-state index is 0.0935. The van der Waals surface area contributed by atoms with Crippen molar-refractivity contribution in [2.45, 2.75) is 12.3 Å². The number of benzene rings is 2. The van der Waals surface area contributed by atoms with Crippen LogP contribution >= 0.6 is 0 Å². The molecule has 0 fully saturated rings. The number of rotatable bonds is 4. The van der Waals surface area contributed by atoms with Gasteiger partial charge in [-0.3, -0.25) is 4.79 Å². The largest absolute Gasteiger partial charge is 0.481 e. The third-order valence-corrected chi connectivity index (χ3v) is 4.50. The Kier molecular flexibility index (Phi) is 4.35. The molecule has 1 amide bonds. The van der Waals surface area contributed by atoms with Crippen molar-refractivity contribution in [1.29, 1.82) is 0 Å². The molecule has 134 valence electrons. The van der Waals surface area contributed by atoms with Gasteiger partial charge in [0.1, 0.15) is 24.0 Å². The van der Waals surface area contributed by atoms with Crippen LogP contribution in [0, 0.1) is 18.2 Å². The van der Waals surface area contributed by atoms with Gasteiger partial charge in [-0.1, -0.05) is 18.1 Å². The third kappa shape index (κ3) is 3.27. The Balaban J connectivity index is 1.69. The van der Waals surface area contributed by atoms with E-state index < -0.39 is 0 Å². The highest BCUT2D eigenvalue weighted by Crippen LogP contribution is 2.38. The van der Waals surface area contributed by atoms with Gasteiger partial charge in [0, 0.05) is 17.9 Å². The summed E-state index contributed by atoms with van der Waals surface area (Å²) in [6.07, 6.45) is 7.27. The number of anilines is 1. The van der Waals surface area contributed by atoms with Crippen molar-refractivity contribution in [3.8, 4) is 23.8 Å². The molecule has 1 unspecified atom stereocenters. The number of amides is 1. The fourth-order valence-corrected chi connectivity index (χ4v) is 3.22. The van der Waals surface area contributed by atoms with E-state index in [0.717, 1.165) is 11.1 Å². The van der Waals surface area contributed by atoms with E-state index in [0.29, 0.717) is 23.7 Å². The lowest BCUT2D eigenvalue weighted by Crippen LogP contribution is -2.24. The monoisotopic (exact) mass is 361 g/mol. The highest BCUT2D eigenvalue weighted by atomic mass is 19.1. The summed E-state index contributed by atoms with van der Waals surface area (Å²) in [7, 11) is 0. The fraction of sp³-hybridized carbons (Fsp3) is 0.143. The zero-order valence-electron chi connectivity index (χ0n) is 14.4. The van der Waals surface area contributed by atoms with Gasteiger partial charge in [-0.05, 0) is 42.0 Å². The van der Waals surface area contributed by atoms with Crippen LogP contribution in [0.3, 0.4) is 0 Å². The van der Waals surface area contributed by atoms with E-state index in [9.17, 15) is 9.18 Å². The molecule has 0 bridgehead atoms. The maximum Gasteiger partial charge on any atom is 0.226 e. The molecule has 0 saturated heterocycles. The molecular formula is C21H16FN3O2. The van der Waals surface area contributed by atoms with Gasteiger partial charge >= 0.3 is 0 Å². The van der Waals surface area contributed by atoms with E-state index in [4.69, 9.17) is 11.2 Å². The van der Waals surface area contributed by atoms with Gasteiger partial charge < -0.3 is 10.1 Å². The SMILES string of the molecule is C#CCOc1ccc(C2CC(=O)Nc3c2cnn3-c2ccc(F)cc2)cc1. The molecule has 1 atom stereocenters. The minimum Gasteiger partial charge on any atom is -0.481 e. The normalized spacial score (nSPS) is 15.6. The number of nitrogens with zero attached hydrogens (tertiary/aromatic N) is 2. The van der Waals surface area contributed by atoms with Crippen molar-refractivity contribution in [3.05, 3.63) is 71.7 Å². The second-order valence-electron chi connectivity index (χ2n) is 6.20. The Morgan fingerprint density at radius 3 is 2.67 bits per heavy atom. The second kappa shape index (κ2) is 6.96. The lowest BCUT2D eigenvalue weighted by atomic mass is 9.87. The Hall–Kier alpha value is -3.59. The molecule has 1 aromatic heterocycles. The molecule has 0 saturated carbocycles. The van der Waals surface area contributed by atoms with E-state index in [2.05, 4.69) is 16.3 Å². The van der Waals surface area contributed by atoms with E-state index in [1.54, 1.807) is 23.0 Å². The molecule has 1 aliphatic heterocycles. The van der Waals surface area contributed by atoms with Crippen molar-refractivity contribution in [2.24, 2.45) is 0 Å². The Labute approximate surface area is 155 Å². The molecule has 0 radical (unpaired) electrons. The van der Waals surface area contributed by atoms with E-state index in [1.165, 1.54) is 12.1 Å². The van der Waals surface area contributed by atoms with Crippen molar-refractivity contribution in [3.63, 3.8) is 0 Å². The zero-order valence-corrected chi connectivity index (χ0v) is 14.4. The molecule has 0 spiro atoms. The van der Waals surface area contributed by atoms with Gasteiger partial charge in [0.25, 0.3) is 0 Å². The van der Waals surface area contributed by atoms with Crippen LogP contribution in [0.5, 0.6) is 5.75 Å². The van der Waals surface area contributed by atoms with Gasteiger partial charge in [-0.15, -0.1) is 6.42 Å². The molecule has 1 aliphatic rings. The van der Waals surface area contributed by atoms with Crippen LogP contribution in [-0.2, 0) is 4.79 Å². The molecule has 6 heteroatoms. The number of ether oxygens (including phenoxy) is 1. The first-order chi connectivity index (χ1) is 13.2. The summed E-state index contributed by atoms with van der Waals surface area (Å²) in [4.78, 5) is 12.3. The summed E-state index contributed by atoms with van der Waals surface area (Å²) < 4.78 is 20.2. The first-order valence-corrected chi connectivity index (χ1v) is 8.45. The second-order valence-corrected chi connectivity index (χ2v) is 6.20. The number of fused-ring (bicyclic) bond motifs is 1. The van der Waals surface area contributed by atoms with E-state index >= 15 is 0 Å². The summed E-state index contributed by atoms with van der Waals surface area (Å²) >= 11 is 0. The van der Waals surface area contributed by atoms with Crippen LogP contribution in [0.15, 0.2) is 54.7 Å². The average molecular weight is 361 g/mol. The van der Waals surface area contributed by atoms with Crippen molar-refractivity contribution in [2.75, 3.05) is 11.9 Å². The Bertz CT molecular complexity index is 1020. The lowest BCUT2D eigenvalue weighted by Gasteiger charge is -2.24. The molecule has 2 heterocycles. The van der Waals surface area contributed by atoms with Crippen LogP contribution in [0.1, 0.15) is 23.5 Å². The molecule has 3 aromatic rings. The molecule has 5 nitrogen and oxygen atoms in total. The van der Waals surface area contributed by atoms with Gasteiger partial charge in [0.05, 0.1) is 11.9 Å². The molecular weight excluding hydrogens is 345 g/mol. The summed E-state index contributed by atoms with van der Waals surface area (Å²) in [5.41, 5.74) is 2.57. The number of aromatic nitrogens is 2. The molecule has 1 N–H and O–H groups in total. The summed E-state index contributed by atoms with van der Waals surface area (Å²) in [6, 6.07) is 13.5. The van der Waals surface area contributed by atoms with Crippen molar-refractivity contribution in [1.82, 2.24) is 9.78 Å². The highest BCUT2D eigenvalue weighted by Gasteiger charge is 2.30. The molecule has 0 aliphatic carbocycles. The highest BCUT2D eigenvalue weighted by molar-refractivity contribution is 5.94. The predicted molar refractivity (Wildman–Crippen MR) is 99.4 cm³/mol. The van der Waals surface area contributed by atoms with Crippen molar-refractivity contribution >= 4 is 11.7 Å². The zero-order chi connectivity index (χ0) is 18.8. The summed E-state index contributed by atoms with van der Waals surface area (Å²) in [5, 5.41) is 7.28. The smallest absolute Gasteiger partial charge is 0.226 e. The maximum absolute atomic E-state index is 13.2. The number of hydrogen-bond donors (Lipinski definition) is 1. The summed E-state index contributed by atoms with van der Waals surface area (Å²) in [5.74, 6) is 3.17. The molecule has 27 heavy (non-hydrogen) atoms. The first kappa shape index (κ1) is 16.9. The quantitative estimate of drug-likeness (QED) is 0.724. The standard InChI is InChI=1S/C21H16FN3O2/c1-2-11-27-17-9-3-14(4-10-17)18-12-20(26)24-21-19(18)13-23-25(21)16-7-5-15(22)6-8-16/h1,3-10,13,18H,11-12H2,(H,24,26). The fourth-order valence-electron chi connectivity index (χ4n) is 3.22. The Morgan fingerprint density at radius 1 is 1.22 bits per heavy atom. The number of hydrogen-bond acceptors (Lipinski definition) is 3. The molecule has 4 rings (SSSR count). The average Bonchev–Trinajstić information content (AvgIpc) is 3.10. The van der Waals surface area contributed by atoms with Gasteiger partial charge in [0.2, 0.25) is 5.91 Å². The third-order valence-electron chi connectivity index (χ3n) is 4.50. The number of carbonyl (C=O) groups excluding carboxylic acids is 1. The first-order valence-electron chi connectivity index (χ1n) is 8.45. The molecule has 2 aromatic carbocycles. The van der Waals surface area contributed by atoms with Gasteiger partial charge in [-0.2, -0.15) is 5.10 Å². The van der Waals surface area contributed by atoms with E-state index in [1.807, 2.05) is 24.3 Å². The van der Waals surface area contributed by atoms with Crippen LogP contribution in [0.2, 0.25) is 0 Å². The van der Waals surface area contributed by atoms with Crippen molar-refractivity contribution < 1.29 is 13.9 Å². The van der Waals surface area contributed by atoms with Crippen LogP contribution < -0.4 is 10.1 Å². The van der Waals surface area contributed by atoms with Crippen LogP contribution in [0.25, 0.3) is 5.69 Å². The maximum atomic E-state index is 13.2. The van der Waals surface area contributed by atoms with Crippen LogP contribution in [0.4, 0.5) is 10.2 Å². The number of halogens is 1. The topological polar surface area (TPSA) is 56.1 Å². The van der Waals surface area contributed by atoms with Gasteiger partial charge in [0.15, 0.2) is 0 Å². The number of terminal acetylenes is 1. The lowest BCUT2D eigenvalue weighted by molar-refractivity contribution is -0.116. The van der Waals surface area contributed by atoms with Gasteiger partial charge in [-0.25, -0.2) is 9.07 Å². The summed E-state index contributed by atoms with van der Waals surface area (Å²) in [6.45, 7) is 0.208. The minimum atomic E-state index is -0.325. The van der Waals surface area contributed by atoms with Crippen LogP contribution in [-0.4, -0.2) is 22.3 Å². The predicted octanol–water partition coefficient (Wildman–Crippen LogP) is 3.50. The Morgan fingerprint density at radius 2 is 1.96 bits per heavy atom. The van der Waals surface area contributed by atoms with E-state index in [-0.39, 0.29) is 24.2 Å². The number of nitrogens with one attached hydrogen (secondary N) is 1.